The molecule has 6 heteroatoms. The number of hydrogen-bond donors (Lipinski definition) is 1. The summed E-state index contributed by atoms with van der Waals surface area (Å²) in [5.74, 6) is 0.481. The van der Waals surface area contributed by atoms with E-state index in [0.717, 1.165) is 5.56 Å². The molecule has 0 aliphatic heterocycles. The van der Waals surface area contributed by atoms with E-state index in [1.807, 2.05) is 37.3 Å². The van der Waals surface area contributed by atoms with Gasteiger partial charge in [-0.05, 0) is 12.5 Å². The Bertz CT molecular complexity index is 583. The molecule has 0 amide bonds. The van der Waals surface area contributed by atoms with Crippen LogP contribution in [-0.2, 0) is 16.1 Å². The summed E-state index contributed by atoms with van der Waals surface area (Å²) in [6.07, 6.45) is 0. The van der Waals surface area contributed by atoms with Crippen molar-refractivity contribution >= 4 is 5.97 Å². The molecule has 1 heterocycles. The van der Waals surface area contributed by atoms with Crippen molar-refractivity contribution in [3.63, 3.8) is 0 Å². The molecule has 0 saturated carbocycles. The maximum Gasteiger partial charge on any atom is 0.310 e. The first-order chi connectivity index (χ1) is 10.1. The number of benzene rings is 1. The first kappa shape index (κ1) is 15.2. The second kappa shape index (κ2) is 6.99. The van der Waals surface area contributed by atoms with Gasteiger partial charge in [-0.1, -0.05) is 42.4 Å². The Kier molecular flexibility index (Phi) is 5.05. The predicted octanol–water partition coefficient (Wildman–Crippen LogP) is 2.02. The van der Waals surface area contributed by atoms with E-state index in [9.17, 15) is 4.79 Å². The number of ether oxygens (including phenoxy) is 1. The van der Waals surface area contributed by atoms with Gasteiger partial charge in [0.25, 0.3) is 0 Å². The van der Waals surface area contributed by atoms with Crippen LogP contribution in [0.15, 0.2) is 34.9 Å². The standard InChI is InChI=1S/C15H19N3O3/c1-10(15(19)20-3)14(12-7-5-4-6-8-12)16-9-13-17-11(2)18-21-13/h4-8,10,14,16H,9H2,1-3H3. The highest BCUT2D eigenvalue weighted by Gasteiger charge is 2.26. The highest BCUT2D eigenvalue weighted by atomic mass is 16.5. The Morgan fingerprint density at radius 2 is 2.10 bits per heavy atom. The molecule has 6 nitrogen and oxygen atoms in total. The molecule has 21 heavy (non-hydrogen) atoms. The van der Waals surface area contributed by atoms with Gasteiger partial charge in [0.05, 0.1) is 19.6 Å². The van der Waals surface area contributed by atoms with Crippen LogP contribution in [0.1, 0.15) is 30.2 Å². The normalized spacial score (nSPS) is 13.7. The summed E-state index contributed by atoms with van der Waals surface area (Å²) in [5.41, 5.74) is 1.01. The number of carbonyl (C=O) groups is 1. The summed E-state index contributed by atoms with van der Waals surface area (Å²) < 4.78 is 9.92. The minimum atomic E-state index is -0.332. The smallest absolute Gasteiger partial charge is 0.310 e. The summed E-state index contributed by atoms with van der Waals surface area (Å²) >= 11 is 0. The Hall–Kier alpha value is -2.21. The van der Waals surface area contributed by atoms with Crippen molar-refractivity contribution in [3.05, 3.63) is 47.6 Å². The number of aromatic nitrogens is 2. The number of esters is 1. The lowest BCUT2D eigenvalue weighted by atomic mass is 9.94. The third-order valence-corrected chi connectivity index (χ3v) is 3.27. The van der Waals surface area contributed by atoms with Gasteiger partial charge in [-0.25, -0.2) is 0 Å². The topological polar surface area (TPSA) is 77.2 Å². The van der Waals surface area contributed by atoms with E-state index in [1.54, 1.807) is 6.92 Å². The van der Waals surface area contributed by atoms with Gasteiger partial charge in [-0.2, -0.15) is 4.98 Å². The maximum absolute atomic E-state index is 11.8. The fraction of sp³-hybridized carbons (Fsp3) is 0.400. The fourth-order valence-electron chi connectivity index (χ4n) is 2.17. The van der Waals surface area contributed by atoms with Crippen molar-refractivity contribution in [2.75, 3.05) is 7.11 Å². The number of hydrogen-bond acceptors (Lipinski definition) is 6. The zero-order valence-electron chi connectivity index (χ0n) is 12.4. The molecule has 2 atom stereocenters. The Morgan fingerprint density at radius 1 is 1.38 bits per heavy atom. The van der Waals surface area contributed by atoms with Crippen LogP contribution < -0.4 is 5.32 Å². The summed E-state index contributed by atoms with van der Waals surface area (Å²) in [5, 5.41) is 7.03. The van der Waals surface area contributed by atoms with Crippen LogP contribution in [0.25, 0.3) is 0 Å². The summed E-state index contributed by atoms with van der Waals surface area (Å²) in [7, 11) is 1.39. The van der Waals surface area contributed by atoms with Gasteiger partial charge in [0.1, 0.15) is 0 Å². The number of rotatable bonds is 6. The van der Waals surface area contributed by atoms with Crippen LogP contribution in [0.5, 0.6) is 0 Å². The molecule has 0 saturated heterocycles. The van der Waals surface area contributed by atoms with Gasteiger partial charge in [-0.3, -0.25) is 4.79 Å². The molecule has 2 unspecified atom stereocenters. The molecule has 112 valence electrons. The van der Waals surface area contributed by atoms with E-state index < -0.39 is 0 Å². The lowest BCUT2D eigenvalue weighted by Gasteiger charge is -2.23. The van der Waals surface area contributed by atoms with Crippen LogP contribution >= 0.6 is 0 Å². The van der Waals surface area contributed by atoms with Crippen molar-refractivity contribution in [1.29, 1.82) is 0 Å². The zero-order valence-corrected chi connectivity index (χ0v) is 12.4. The molecular weight excluding hydrogens is 270 g/mol. The molecule has 0 fully saturated rings. The average molecular weight is 289 g/mol. The van der Waals surface area contributed by atoms with Crippen molar-refractivity contribution in [3.8, 4) is 0 Å². The number of nitrogens with one attached hydrogen (secondary N) is 1. The van der Waals surface area contributed by atoms with Gasteiger partial charge >= 0.3 is 5.97 Å². The Morgan fingerprint density at radius 3 is 2.67 bits per heavy atom. The first-order valence-electron chi connectivity index (χ1n) is 6.77. The average Bonchev–Trinajstić information content (AvgIpc) is 2.93. The SMILES string of the molecule is COC(=O)C(C)C(NCc1nc(C)no1)c1ccccc1. The van der Waals surface area contributed by atoms with Gasteiger partial charge in [0.15, 0.2) is 5.82 Å². The van der Waals surface area contributed by atoms with Crippen molar-refractivity contribution < 1.29 is 14.1 Å². The van der Waals surface area contributed by atoms with Crippen molar-refractivity contribution in [2.45, 2.75) is 26.4 Å². The van der Waals surface area contributed by atoms with Gasteiger partial charge < -0.3 is 14.6 Å². The molecule has 0 radical (unpaired) electrons. The number of nitrogens with zero attached hydrogens (tertiary/aromatic N) is 2. The van der Waals surface area contributed by atoms with Crippen LogP contribution in [-0.4, -0.2) is 23.2 Å². The summed E-state index contributed by atoms with van der Waals surface area (Å²) in [6.45, 7) is 3.98. The molecule has 0 aliphatic carbocycles. The van der Waals surface area contributed by atoms with Gasteiger partial charge in [0, 0.05) is 6.04 Å². The first-order valence-corrected chi connectivity index (χ1v) is 6.77. The van der Waals surface area contributed by atoms with E-state index in [0.29, 0.717) is 18.3 Å². The summed E-state index contributed by atoms with van der Waals surface area (Å²) in [4.78, 5) is 16.0. The lowest BCUT2D eigenvalue weighted by Crippen LogP contribution is -2.31. The van der Waals surface area contributed by atoms with Crippen LogP contribution in [0.3, 0.4) is 0 Å². The Balaban J connectivity index is 2.14. The van der Waals surface area contributed by atoms with Crippen molar-refractivity contribution in [2.24, 2.45) is 5.92 Å². The minimum Gasteiger partial charge on any atom is -0.469 e. The highest BCUT2D eigenvalue weighted by Crippen LogP contribution is 2.23. The molecular formula is C15H19N3O3. The van der Waals surface area contributed by atoms with E-state index in [-0.39, 0.29) is 17.9 Å². The van der Waals surface area contributed by atoms with Crippen LogP contribution in [0, 0.1) is 12.8 Å². The van der Waals surface area contributed by atoms with E-state index in [4.69, 9.17) is 9.26 Å². The Labute approximate surface area is 123 Å². The highest BCUT2D eigenvalue weighted by molar-refractivity contribution is 5.73. The molecule has 1 aromatic heterocycles. The zero-order chi connectivity index (χ0) is 15.2. The van der Waals surface area contributed by atoms with E-state index in [2.05, 4.69) is 15.5 Å². The van der Waals surface area contributed by atoms with E-state index in [1.165, 1.54) is 7.11 Å². The largest absolute Gasteiger partial charge is 0.469 e. The fourth-order valence-corrected chi connectivity index (χ4v) is 2.17. The lowest BCUT2D eigenvalue weighted by molar-refractivity contribution is -0.146. The predicted molar refractivity (Wildman–Crippen MR) is 76.2 cm³/mol. The molecule has 1 N–H and O–H groups in total. The molecule has 2 rings (SSSR count). The monoisotopic (exact) mass is 289 g/mol. The van der Waals surface area contributed by atoms with Crippen LogP contribution in [0.2, 0.25) is 0 Å². The van der Waals surface area contributed by atoms with Gasteiger partial charge in [-0.15, -0.1) is 0 Å². The quantitative estimate of drug-likeness (QED) is 0.820. The second-order valence-electron chi connectivity index (χ2n) is 4.82. The van der Waals surface area contributed by atoms with Crippen molar-refractivity contribution in [1.82, 2.24) is 15.5 Å². The number of aryl methyl sites for hydroxylation is 1. The minimum absolute atomic E-state index is 0.189. The van der Waals surface area contributed by atoms with Gasteiger partial charge in [0.2, 0.25) is 5.89 Å². The summed E-state index contributed by atoms with van der Waals surface area (Å²) in [6, 6.07) is 9.55. The third kappa shape index (κ3) is 3.88. The molecule has 0 aliphatic rings. The maximum atomic E-state index is 11.8. The number of methoxy groups -OCH3 is 1. The third-order valence-electron chi connectivity index (χ3n) is 3.27. The van der Waals surface area contributed by atoms with E-state index >= 15 is 0 Å². The molecule has 2 aromatic rings. The molecule has 1 aromatic carbocycles. The molecule has 0 bridgehead atoms. The second-order valence-corrected chi connectivity index (χ2v) is 4.82. The molecule has 0 spiro atoms. The number of carbonyl (C=O) groups excluding carboxylic acids is 1. The van der Waals surface area contributed by atoms with Crippen LogP contribution in [0.4, 0.5) is 0 Å².